The van der Waals surface area contributed by atoms with Crippen LogP contribution in [0.5, 0.6) is 0 Å². The van der Waals surface area contributed by atoms with E-state index in [0.29, 0.717) is 0 Å². The Morgan fingerprint density at radius 1 is 1.62 bits per heavy atom. The molecule has 2 aliphatic rings. The number of carbonyl (C=O) groups excluding carboxylic acids is 1. The first-order valence-electron chi connectivity index (χ1n) is 5.88. The Bertz CT molecular complexity index is 412. The molecule has 0 radical (unpaired) electrons. The van der Waals surface area contributed by atoms with Gasteiger partial charge < -0.3 is 0 Å². The molecule has 0 aromatic carbocycles. The van der Waals surface area contributed by atoms with E-state index in [0.717, 1.165) is 30.7 Å². The van der Waals surface area contributed by atoms with Gasteiger partial charge in [-0.15, -0.1) is 0 Å². The van der Waals surface area contributed by atoms with Crippen LogP contribution < -0.4 is 0 Å². The standard InChI is InChI=1S/C14H17NO/c1-3-5-6-7-10-8-13(15-10)11-9-12(11)14(16)4-2/h4,6-7,12H,2-3,5,8-9H2,1H3/b7-6-,13-11?. The lowest BCUT2D eigenvalue weighted by molar-refractivity contribution is -0.115. The molecular weight excluding hydrogens is 198 g/mol. The minimum atomic E-state index is 0.109. The molecule has 1 aliphatic heterocycles. The molecule has 0 spiro atoms. The number of rotatable bonds is 5. The van der Waals surface area contributed by atoms with Gasteiger partial charge in [0.15, 0.2) is 5.78 Å². The van der Waals surface area contributed by atoms with Crippen molar-refractivity contribution in [3.05, 3.63) is 36.1 Å². The van der Waals surface area contributed by atoms with Crippen molar-refractivity contribution < 1.29 is 4.79 Å². The number of carbonyl (C=O) groups is 1. The number of unbranched alkanes of at least 4 members (excludes halogenated alkanes) is 1. The number of nitrogens with zero attached hydrogens (tertiary/aromatic N) is 1. The lowest BCUT2D eigenvalue weighted by Gasteiger charge is -2.13. The van der Waals surface area contributed by atoms with Crippen molar-refractivity contribution >= 4 is 11.5 Å². The van der Waals surface area contributed by atoms with Crippen molar-refractivity contribution in [1.82, 2.24) is 0 Å². The third-order valence-corrected chi connectivity index (χ3v) is 2.99. The van der Waals surface area contributed by atoms with E-state index in [9.17, 15) is 4.79 Å². The van der Waals surface area contributed by atoms with Crippen molar-refractivity contribution in [3.63, 3.8) is 0 Å². The molecule has 2 rings (SSSR count). The highest BCUT2D eigenvalue weighted by Gasteiger charge is 2.39. The third-order valence-electron chi connectivity index (χ3n) is 2.99. The van der Waals surface area contributed by atoms with Crippen LogP contribution >= 0.6 is 0 Å². The summed E-state index contributed by atoms with van der Waals surface area (Å²) in [6.07, 6.45) is 9.81. The largest absolute Gasteiger partial charge is 0.294 e. The maximum atomic E-state index is 11.3. The maximum Gasteiger partial charge on any atom is 0.162 e. The fourth-order valence-electron chi connectivity index (χ4n) is 1.89. The van der Waals surface area contributed by atoms with Crippen LogP contribution in [0.1, 0.15) is 32.6 Å². The molecule has 1 heterocycles. The van der Waals surface area contributed by atoms with Crippen molar-refractivity contribution in [2.45, 2.75) is 32.6 Å². The quantitative estimate of drug-likeness (QED) is 0.647. The summed E-state index contributed by atoms with van der Waals surface area (Å²) < 4.78 is 0. The lowest BCUT2D eigenvalue weighted by Crippen LogP contribution is -2.07. The smallest absolute Gasteiger partial charge is 0.162 e. The summed E-state index contributed by atoms with van der Waals surface area (Å²) in [5.74, 6) is 0.255. The monoisotopic (exact) mass is 215 g/mol. The molecule has 16 heavy (non-hydrogen) atoms. The number of hydrogen-bond acceptors (Lipinski definition) is 2. The van der Waals surface area contributed by atoms with E-state index in [-0.39, 0.29) is 11.7 Å². The molecule has 0 bridgehead atoms. The zero-order valence-corrected chi connectivity index (χ0v) is 9.70. The topological polar surface area (TPSA) is 29.4 Å². The fourth-order valence-corrected chi connectivity index (χ4v) is 1.89. The van der Waals surface area contributed by atoms with Gasteiger partial charge in [-0.3, -0.25) is 9.79 Å². The summed E-state index contributed by atoms with van der Waals surface area (Å²) in [6, 6.07) is 0. The first-order chi connectivity index (χ1) is 7.76. The van der Waals surface area contributed by atoms with Crippen molar-refractivity contribution in [1.29, 1.82) is 0 Å². The molecule has 0 N–H and O–H groups in total. The van der Waals surface area contributed by atoms with Gasteiger partial charge in [-0.05, 0) is 30.6 Å². The van der Waals surface area contributed by atoms with Gasteiger partial charge in [0.05, 0.1) is 0 Å². The maximum absolute atomic E-state index is 11.3. The molecule has 1 unspecified atom stereocenters. The molecule has 0 amide bonds. The van der Waals surface area contributed by atoms with Gasteiger partial charge in [0.25, 0.3) is 0 Å². The SMILES string of the molecule is C=CC(=O)C1CC1=C1CC(/C=C\CCC)=N1. The predicted octanol–water partition coefficient (Wildman–Crippen LogP) is 3.22. The van der Waals surface area contributed by atoms with Crippen LogP contribution in [0, 0.1) is 5.92 Å². The van der Waals surface area contributed by atoms with Gasteiger partial charge in [-0.25, -0.2) is 0 Å². The molecule has 84 valence electrons. The van der Waals surface area contributed by atoms with E-state index < -0.39 is 0 Å². The summed E-state index contributed by atoms with van der Waals surface area (Å²) in [5.41, 5.74) is 3.52. The van der Waals surface area contributed by atoms with Crippen LogP contribution in [0.25, 0.3) is 0 Å². The van der Waals surface area contributed by atoms with Gasteiger partial charge in [-0.2, -0.15) is 0 Å². The van der Waals surface area contributed by atoms with Crippen molar-refractivity contribution in [3.8, 4) is 0 Å². The summed E-state index contributed by atoms with van der Waals surface area (Å²) >= 11 is 0. The second kappa shape index (κ2) is 4.60. The van der Waals surface area contributed by atoms with Gasteiger partial charge in [0, 0.05) is 23.7 Å². The zero-order chi connectivity index (χ0) is 11.5. The van der Waals surface area contributed by atoms with Crippen LogP contribution in [0.4, 0.5) is 0 Å². The molecule has 2 nitrogen and oxygen atoms in total. The highest BCUT2D eigenvalue weighted by Crippen LogP contribution is 2.44. The van der Waals surface area contributed by atoms with E-state index in [1.54, 1.807) is 0 Å². The zero-order valence-electron chi connectivity index (χ0n) is 9.70. The molecule has 0 saturated heterocycles. The Morgan fingerprint density at radius 2 is 2.38 bits per heavy atom. The Labute approximate surface area is 96.5 Å². The molecule has 1 saturated carbocycles. The average Bonchev–Trinajstić information content (AvgIpc) is 3.00. The van der Waals surface area contributed by atoms with Gasteiger partial charge in [0.1, 0.15) is 0 Å². The van der Waals surface area contributed by atoms with E-state index in [1.807, 2.05) is 0 Å². The van der Waals surface area contributed by atoms with Gasteiger partial charge in [0.2, 0.25) is 0 Å². The second-order valence-electron chi connectivity index (χ2n) is 4.31. The van der Waals surface area contributed by atoms with Crippen molar-refractivity contribution in [2.75, 3.05) is 0 Å². The molecule has 0 aromatic heterocycles. The van der Waals surface area contributed by atoms with E-state index in [2.05, 4.69) is 30.6 Å². The van der Waals surface area contributed by atoms with Gasteiger partial charge in [-0.1, -0.05) is 26.0 Å². The molecule has 1 atom stereocenters. The van der Waals surface area contributed by atoms with Crippen LogP contribution in [0.3, 0.4) is 0 Å². The summed E-state index contributed by atoms with van der Waals surface area (Å²) in [6.45, 7) is 5.67. The molecule has 0 aromatic rings. The van der Waals surface area contributed by atoms with Crippen LogP contribution in [-0.4, -0.2) is 11.5 Å². The summed E-state index contributed by atoms with van der Waals surface area (Å²) in [7, 11) is 0. The van der Waals surface area contributed by atoms with Crippen molar-refractivity contribution in [2.24, 2.45) is 10.9 Å². The normalized spacial score (nSPS) is 27.6. The first-order valence-corrected chi connectivity index (χ1v) is 5.88. The molecule has 2 heteroatoms. The minimum absolute atomic E-state index is 0.109. The highest BCUT2D eigenvalue weighted by molar-refractivity contribution is 6.03. The van der Waals surface area contributed by atoms with Crippen LogP contribution in [-0.2, 0) is 4.79 Å². The highest BCUT2D eigenvalue weighted by atomic mass is 16.1. The number of ketones is 1. The third kappa shape index (κ3) is 2.21. The van der Waals surface area contributed by atoms with E-state index >= 15 is 0 Å². The van der Waals surface area contributed by atoms with Gasteiger partial charge >= 0.3 is 0 Å². The molecule has 1 fully saturated rings. The van der Waals surface area contributed by atoms with E-state index in [1.165, 1.54) is 18.1 Å². The Balaban J connectivity index is 1.91. The first kappa shape index (κ1) is 11.1. The Kier molecular flexibility index (Phi) is 3.18. The number of hydrogen-bond donors (Lipinski definition) is 0. The van der Waals surface area contributed by atoms with Crippen LogP contribution in [0.15, 0.2) is 41.1 Å². The minimum Gasteiger partial charge on any atom is -0.294 e. The molecular formula is C14H17NO. The Morgan fingerprint density at radius 3 is 3.00 bits per heavy atom. The average molecular weight is 215 g/mol. The number of allylic oxidation sites excluding steroid dienone is 5. The van der Waals surface area contributed by atoms with Crippen LogP contribution in [0.2, 0.25) is 0 Å². The lowest BCUT2D eigenvalue weighted by atomic mass is 10.1. The second-order valence-corrected chi connectivity index (χ2v) is 4.31. The summed E-state index contributed by atoms with van der Waals surface area (Å²) in [5, 5.41) is 0. The Hall–Kier alpha value is -1.44. The molecule has 1 aliphatic carbocycles. The summed E-state index contributed by atoms with van der Waals surface area (Å²) in [4.78, 5) is 15.8. The fraction of sp³-hybridized carbons (Fsp3) is 0.429. The number of aliphatic imine (C=N–C) groups is 1. The van der Waals surface area contributed by atoms with E-state index in [4.69, 9.17) is 0 Å². The predicted molar refractivity (Wildman–Crippen MR) is 66.4 cm³/mol.